The summed E-state index contributed by atoms with van der Waals surface area (Å²) < 4.78 is 118. The number of carbonyl (C=O) groups is 6. The number of amides is 3. The van der Waals surface area contributed by atoms with Gasteiger partial charge in [0, 0.05) is 79.8 Å². The van der Waals surface area contributed by atoms with Crippen LogP contribution in [0.25, 0.3) is 33.1 Å². The van der Waals surface area contributed by atoms with E-state index in [0.29, 0.717) is 113 Å². The Labute approximate surface area is 846 Å². The Hall–Kier alpha value is -8.36. The number of alkyl halides is 6. The van der Waals surface area contributed by atoms with E-state index >= 15 is 0 Å². The molecule has 6 bridgehead atoms. The van der Waals surface area contributed by atoms with Crippen LogP contribution in [0.2, 0.25) is 0 Å². The molecular formula is C103H134F6N9O18V3-3. The summed E-state index contributed by atoms with van der Waals surface area (Å²) in [6.07, 6.45) is 24.7. The number of aromatic hydroxyl groups is 1. The van der Waals surface area contributed by atoms with Crippen molar-refractivity contribution in [2.75, 3.05) is 26.6 Å². The van der Waals surface area contributed by atoms with Crippen molar-refractivity contribution in [1.29, 1.82) is 0 Å². The number of fused-ring (bicyclic) bond motifs is 17. The molecule has 3 saturated heterocycles. The average Bonchev–Trinajstić information content (AvgIpc) is 1.58. The van der Waals surface area contributed by atoms with Crippen LogP contribution < -0.4 is 23.7 Å². The van der Waals surface area contributed by atoms with Gasteiger partial charge in [-0.2, -0.15) is 17.6 Å². The summed E-state index contributed by atoms with van der Waals surface area (Å²) in [5, 5.41) is 10.0. The zero-order valence-electron chi connectivity index (χ0n) is 82.2. The van der Waals surface area contributed by atoms with Gasteiger partial charge in [0.15, 0.2) is 0 Å². The van der Waals surface area contributed by atoms with Crippen LogP contribution in [0.5, 0.6) is 34.9 Å². The van der Waals surface area contributed by atoms with Crippen molar-refractivity contribution >= 4 is 87.6 Å². The molecule has 1 N–H and O–H groups in total. The molecule has 2 unspecified atom stereocenters. The molecule has 20 atom stereocenters. The van der Waals surface area contributed by atoms with E-state index in [9.17, 15) is 74.6 Å². The molecular weight excluding hydrogens is 1920 g/mol. The Balaban J connectivity index is 0.000000210. The number of nitrogens with zero attached hydrogens (tertiary/aromatic N) is 9. The van der Waals surface area contributed by atoms with Crippen LogP contribution in [0.4, 0.5) is 26.3 Å². The van der Waals surface area contributed by atoms with Gasteiger partial charge in [-0.1, -0.05) is 159 Å². The number of halogens is 6. The first-order chi connectivity index (χ1) is 64.6. The van der Waals surface area contributed by atoms with Gasteiger partial charge in [-0.3, -0.25) is 28.8 Å². The number of aromatic nitrogens is 6. The first kappa shape index (κ1) is 113. The molecule has 4 saturated carbocycles. The maximum Gasteiger partial charge on any atom is 0.387 e. The van der Waals surface area contributed by atoms with Crippen LogP contribution in [0.15, 0.2) is 54.6 Å². The second-order valence-electron chi connectivity index (χ2n) is 42.4. The zero-order valence-corrected chi connectivity index (χ0v) is 86.4. The Bertz CT molecular complexity index is 5160. The summed E-state index contributed by atoms with van der Waals surface area (Å²) >= 11 is 0. The number of phenolic OH excluding ortho intramolecular Hbond substituents is 1. The number of aryl methyl sites for hydroxylation is 3. The predicted molar refractivity (Wildman–Crippen MR) is 492 cm³/mol. The molecule has 759 valence electrons. The van der Waals surface area contributed by atoms with E-state index in [1.165, 1.54) is 40.5 Å². The van der Waals surface area contributed by atoms with Gasteiger partial charge in [0.25, 0.3) is 0 Å². The van der Waals surface area contributed by atoms with Crippen molar-refractivity contribution in [2.24, 2.45) is 81.3 Å². The molecule has 0 spiro atoms. The Morgan fingerprint density at radius 2 is 0.799 bits per heavy atom. The Morgan fingerprint density at radius 3 is 1.18 bits per heavy atom. The number of carbonyl (C=O) groups excluding carboxylic acids is 9. The van der Waals surface area contributed by atoms with Gasteiger partial charge >= 0.3 is 31.1 Å². The molecule has 7 fully saturated rings. The van der Waals surface area contributed by atoms with E-state index in [2.05, 4.69) is 28.3 Å². The molecule has 3 amide bonds. The summed E-state index contributed by atoms with van der Waals surface area (Å²) in [5.74, 6) is -2.12. The summed E-state index contributed by atoms with van der Waals surface area (Å²) in [4.78, 5) is 153. The summed E-state index contributed by atoms with van der Waals surface area (Å²) in [7, 11) is 0. The Morgan fingerprint density at radius 1 is 0.439 bits per heavy atom. The number of ether oxygens (including phenoxy) is 8. The van der Waals surface area contributed by atoms with Crippen molar-refractivity contribution in [3.63, 3.8) is 0 Å². The van der Waals surface area contributed by atoms with Crippen LogP contribution in [0, 0.1) is 81.3 Å². The molecule has 4 aliphatic carbocycles. The fraction of sp³-hybridized carbons (Fsp3) is 0.680. The van der Waals surface area contributed by atoms with Crippen LogP contribution in [-0.4, -0.2) is 198 Å². The molecule has 6 aromatic rings. The molecule has 36 heteroatoms. The Kier molecular flexibility index (Phi) is 39.2. The van der Waals surface area contributed by atoms with Gasteiger partial charge in [-0.15, -0.1) is 0 Å². The SMILES string of the molecule is CC[C@@H]1[C@@H]2CN(C(=O)[C@H](C(C)(C)C)CC(=O)O[C@@H]3CC4CC4[C@H]3CCCCCc3nc4ccc(OC(F)F)cc4nc3O2)[C@@H]1[C-]=O.CC[C@@H]1[C@@H]2CN(C(=O)[C@H](C(C)(C)C)CC(=O)O[C@]3(C)CCC[C@H]3CCCCCc3nc4ccc(OC(F)F)cc4nc3O2)[C@@H]1[C-]=O.CC[C@@H]1[C@@H]2CN(C(=O)[C@H](C(C)(C)C)CC(=O)O[C@]3(C)C[C@H]3CCCCCc3nc4ccc(O)cc4nc3O2)[C@@H]1[C-]=O.FCF.[V].[V].[V]. The third kappa shape index (κ3) is 27.2. The molecule has 16 rings (SSSR count). The number of benzene rings is 3. The van der Waals surface area contributed by atoms with Crippen LogP contribution in [0.3, 0.4) is 0 Å². The van der Waals surface area contributed by atoms with Gasteiger partial charge in [0.05, 0.1) is 89.8 Å². The van der Waals surface area contributed by atoms with Crippen LogP contribution >= 0.6 is 0 Å². The van der Waals surface area contributed by atoms with E-state index in [4.69, 9.17) is 58.3 Å². The minimum absolute atomic E-state index is 0. The number of hydrogen-bond donors (Lipinski definition) is 1. The minimum atomic E-state index is -2.98. The predicted octanol–water partition coefficient (Wildman–Crippen LogP) is 18.5. The molecule has 139 heavy (non-hydrogen) atoms. The van der Waals surface area contributed by atoms with Gasteiger partial charge in [0.2, 0.25) is 42.3 Å². The summed E-state index contributed by atoms with van der Waals surface area (Å²) in [5.41, 5.74) is 2.19. The quantitative estimate of drug-likeness (QED) is 0.0576. The zero-order chi connectivity index (χ0) is 98.2. The van der Waals surface area contributed by atoms with E-state index in [-0.39, 0.29) is 189 Å². The second kappa shape index (κ2) is 48.4. The summed E-state index contributed by atoms with van der Waals surface area (Å²) in [6.45, 7) is 19.8. The van der Waals surface area contributed by atoms with Crippen LogP contribution in [-0.2, 0) is 132 Å². The van der Waals surface area contributed by atoms with Crippen molar-refractivity contribution in [2.45, 2.75) is 337 Å². The van der Waals surface area contributed by atoms with E-state index in [0.717, 1.165) is 115 Å². The molecule has 27 nitrogen and oxygen atoms in total. The van der Waals surface area contributed by atoms with Crippen molar-refractivity contribution < 1.29 is 168 Å². The van der Waals surface area contributed by atoms with Crippen molar-refractivity contribution in [1.82, 2.24) is 44.6 Å². The molecule has 10 aliphatic rings. The number of esters is 3. The molecule has 3 radical (unpaired) electrons. The molecule has 3 aromatic heterocycles. The first-order valence-corrected chi connectivity index (χ1v) is 48.9. The standard InChI is InChI=1S/C35H44F2N3O6.C35H46F2N3O6.C32H42N3O6.CH2F2.3V/c1-5-21-28(18-41)40-17-30(21)46-32-26(38-25-12-11-20(44-34(36)37)15-27(25)39-32)10-8-6-7-9-22-23-13-19(23)14-29(22)45-31(42)16-24(33(40)43)35(2,3)4;1-6-23-28(20-41)40-19-29(23)45-31-26(38-25-15-14-22(44-33(36)37)17-27(25)39-31)13-9-7-8-11-21-12-10-16-35(21,5)46-30(42)18-24(32(40)43)34(2,3)4;1-6-21-26(18-36)35-17-27(21)40-29-24(33-23-13-12-20(37)14-25(23)34-29)11-9-7-8-10-19-16-32(19,5)41-28(38)15-22(30(35)39)31(2,3)4;2-1-3;;;/h11-12,15,19,21-24,28-30,34H,5-10,13-14,16-17H2,1-4H3;14-15,17,21,23-24,28-29,33H,6-13,16,18-19H2,1-5H3;12-14,19,21-22,26-27,37H,6-11,15-17H2,1-5H3;1H2;;;/q3*-1;;;;/t19?,21-,22+,23?,24+,28+,29+,30-;21-,23+,24-,28-,29+,35-;19-,21+,22-,26-,27+,32-;;;;/m011..../s1. The number of rotatable bonds is 10. The van der Waals surface area contributed by atoms with Crippen molar-refractivity contribution in [3.8, 4) is 34.9 Å². The first-order valence-electron chi connectivity index (χ1n) is 48.9. The van der Waals surface area contributed by atoms with Crippen molar-refractivity contribution in [3.05, 3.63) is 71.7 Å². The van der Waals surface area contributed by atoms with E-state index < -0.39 is 102 Å². The molecule has 6 aliphatic heterocycles. The van der Waals surface area contributed by atoms with Gasteiger partial charge < -0.3 is 72.1 Å². The van der Waals surface area contributed by atoms with Gasteiger partial charge in [0.1, 0.15) is 69.9 Å². The smallest absolute Gasteiger partial charge is 0.387 e. The fourth-order valence-corrected chi connectivity index (χ4v) is 22.2. The van der Waals surface area contributed by atoms with E-state index in [1.807, 2.05) is 96.9 Å². The minimum Gasteiger partial charge on any atom is -0.540 e. The maximum absolute atomic E-state index is 14.3. The fourth-order valence-electron chi connectivity index (χ4n) is 22.2. The third-order valence-corrected chi connectivity index (χ3v) is 30.2. The molecule has 9 heterocycles. The average molecular weight is 2050 g/mol. The molecule has 3 aromatic carbocycles. The van der Waals surface area contributed by atoms with Gasteiger partial charge in [-0.05, 0) is 204 Å². The third-order valence-electron chi connectivity index (χ3n) is 30.2. The van der Waals surface area contributed by atoms with E-state index in [1.54, 1.807) is 35.2 Å². The maximum atomic E-state index is 14.3. The van der Waals surface area contributed by atoms with Gasteiger partial charge in [-0.25, -0.2) is 57.5 Å². The number of hydrogen-bond acceptors (Lipinski definition) is 24. The number of phenols is 1. The topological polar surface area (TPSA) is 335 Å². The normalized spacial score (nSPS) is 29.9. The largest absolute Gasteiger partial charge is 0.540 e. The summed E-state index contributed by atoms with van der Waals surface area (Å²) in [6, 6.07) is 11.3. The van der Waals surface area contributed by atoms with Crippen LogP contribution in [0.1, 0.15) is 268 Å². The second-order valence-corrected chi connectivity index (χ2v) is 42.4. The monoisotopic (exact) mass is 2050 g/mol.